The van der Waals surface area contributed by atoms with Crippen LogP contribution < -0.4 is 9.47 Å². The van der Waals surface area contributed by atoms with Gasteiger partial charge in [-0.1, -0.05) is 30.4 Å². The lowest BCUT2D eigenvalue weighted by atomic mass is 9.85. The van der Waals surface area contributed by atoms with Crippen LogP contribution in [-0.2, 0) is 16.2 Å². The van der Waals surface area contributed by atoms with E-state index in [-0.39, 0.29) is 47.9 Å². The normalized spacial score (nSPS) is 25.8. The Morgan fingerprint density at radius 1 is 1.12 bits per heavy atom. The molecule has 32 heavy (non-hydrogen) atoms. The predicted molar refractivity (Wildman–Crippen MR) is 119 cm³/mol. The average Bonchev–Trinajstić information content (AvgIpc) is 3.47. The minimum atomic E-state index is -0.345. The largest absolute Gasteiger partial charge is 0.493 e. The Balaban J connectivity index is 1.34. The molecule has 0 N–H and O–H groups in total. The second kappa shape index (κ2) is 8.16. The minimum Gasteiger partial charge on any atom is -0.493 e. The lowest BCUT2D eigenvalue weighted by Crippen LogP contribution is -2.28. The number of hydrogen-bond donors (Lipinski definition) is 0. The Morgan fingerprint density at radius 3 is 2.47 bits per heavy atom. The first-order chi connectivity index (χ1) is 15.5. The number of ether oxygens (including phenoxy) is 2. The van der Waals surface area contributed by atoms with Crippen molar-refractivity contribution in [3.8, 4) is 11.5 Å². The van der Waals surface area contributed by atoms with Gasteiger partial charge in [-0.2, -0.15) is 10.1 Å². The molecule has 5 rings (SSSR count). The molecule has 8 heteroatoms. The Morgan fingerprint density at radius 2 is 1.81 bits per heavy atom. The predicted octanol–water partition coefficient (Wildman–Crippen LogP) is 4.32. The van der Waals surface area contributed by atoms with E-state index >= 15 is 0 Å². The van der Waals surface area contributed by atoms with Crippen LogP contribution in [-0.4, -0.2) is 30.1 Å². The van der Waals surface area contributed by atoms with Crippen molar-refractivity contribution >= 4 is 34.0 Å². The molecule has 2 fully saturated rings. The van der Waals surface area contributed by atoms with E-state index in [9.17, 15) is 14.0 Å². The van der Waals surface area contributed by atoms with Crippen molar-refractivity contribution < 1.29 is 23.5 Å². The SMILES string of the molecule is COc1cc(C=NN2C(=O)C3C4C=CC(C4)C3C2=O)c(Br)cc1OCc1ccccc1F. The molecule has 6 nitrogen and oxygen atoms in total. The molecule has 4 unspecified atom stereocenters. The molecule has 1 aliphatic heterocycles. The van der Waals surface area contributed by atoms with E-state index in [1.54, 1.807) is 30.3 Å². The van der Waals surface area contributed by atoms with E-state index in [0.29, 0.717) is 27.1 Å². The highest BCUT2D eigenvalue weighted by Crippen LogP contribution is 2.52. The van der Waals surface area contributed by atoms with Crippen molar-refractivity contribution in [2.75, 3.05) is 7.11 Å². The fourth-order valence-electron chi connectivity index (χ4n) is 4.81. The zero-order valence-electron chi connectivity index (χ0n) is 17.2. The first-order valence-corrected chi connectivity index (χ1v) is 11.1. The maximum Gasteiger partial charge on any atom is 0.254 e. The van der Waals surface area contributed by atoms with Crippen molar-refractivity contribution in [2.24, 2.45) is 28.8 Å². The molecule has 2 aromatic carbocycles. The Hall–Kier alpha value is -3.00. The van der Waals surface area contributed by atoms with Gasteiger partial charge in [0.25, 0.3) is 11.8 Å². The fraction of sp³-hybridized carbons (Fsp3) is 0.292. The van der Waals surface area contributed by atoms with Gasteiger partial charge in [0.05, 0.1) is 25.2 Å². The van der Waals surface area contributed by atoms with Crippen LogP contribution in [0, 0.1) is 29.5 Å². The number of rotatable bonds is 6. The van der Waals surface area contributed by atoms with E-state index in [1.165, 1.54) is 19.4 Å². The maximum absolute atomic E-state index is 13.9. The number of fused-ring (bicyclic) bond motifs is 5. The second-order valence-electron chi connectivity index (χ2n) is 8.14. The van der Waals surface area contributed by atoms with Crippen molar-refractivity contribution in [1.82, 2.24) is 5.01 Å². The van der Waals surface area contributed by atoms with Gasteiger partial charge in [-0.15, -0.1) is 0 Å². The summed E-state index contributed by atoms with van der Waals surface area (Å²) in [7, 11) is 1.50. The summed E-state index contributed by atoms with van der Waals surface area (Å²) in [4.78, 5) is 25.6. The summed E-state index contributed by atoms with van der Waals surface area (Å²) < 4.78 is 25.7. The van der Waals surface area contributed by atoms with Gasteiger partial charge in [0.15, 0.2) is 11.5 Å². The molecular formula is C24H20BrFN2O4. The van der Waals surface area contributed by atoms with Crippen molar-refractivity contribution in [1.29, 1.82) is 0 Å². The molecule has 1 heterocycles. The molecule has 1 saturated carbocycles. The summed E-state index contributed by atoms with van der Waals surface area (Å²) >= 11 is 3.47. The van der Waals surface area contributed by atoms with E-state index in [0.717, 1.165) is 11.4 Å². The minimum absolute atomic E-state index is 0.0405. The van der Waals surface area contributed by atoms with Crippen LogP contribution in [0.1, 0.15) is 17.5 Å². The summed E-state index contributed by atoms with van der Waals surface area (Å²) in [6, 6.07) is 9.76. The van der Waals surface area contributed by atoms with Gasteiger partial charge >= 0.3 is 0 Å². The molecule has 4 atom stereocenters. The lowest BCUT2D eigenvalue weighted by Gasteiger charge is -2.14. The molecular weight excluding hydrogens is 479 g/mol. The van der Waals surface area contributed by atoms with Crippen LogP contribution in [0.4, 0.5) is 4.39 Å². The van der Waals surface area contributed by atoms with Gasteiger partial charge in [0.1, 0.15) is 12.4 Å². The Labute approximate surface area is 192 Å². The Bertz CT molecular complexity index is 1130. The van der Waals surface area contributed by atoms with Gasteiger partial charge < -0.3 is 9.47 Å². The monoisotopic (exact) mass is 498 g/mol. The number of benzene rings is 2. The standard InChI is InChI=1S/C24H20BrFN2O4/c1-31-19-9-16(17(25)10-20(19)32-12-15-4-2-3-5-18(15)26)11-27-28-23(29)21-13-6-7-14(8-13)22(21)24(28)30/h2-7,9-11,13-14,21-22H,8,12H2,1H3. The molecule has 3 aliphatic rings. The number of hydrogen-bond acceptors (Lipinski definition) is 5. The van der Waals surface area contributed by atoms with Gasteiger partial charge in [0, 0.05) is 15.6 Å². The van der Waals surface area contributed by atoms with Gasteiger partial charge in [-0.05, 0) is 52.4 Å². The second-order valence-corrected chi connectivity index (χ2v) is 8.99. The molecule has 2 bridgehead atoms. The number of carbonyl (C=O) groups excluding carboxylic acids is 2. The highest BCUT2D eigenvalue weighted by molar-refractivity contribution is 9.10. The first-order valence-electron chi connectivity index (χ1n) is 10.3. The number of amides is 2. The zero-order chi connectivity index (χ0) is 22.4. The number of carbonyl (C=O) groups is 2. The maximum atomic E-state index is 13.9. The smallest absolute Gasteiger partial charge is 0.254 e. The summed E-state index contributed by atoms with van der Waals surface area (Å²) in [5, 5.41) is 5.21. The first kappa shape index (κ1) is 20.9. The third kappa shape index (κ3) is 3.43. The Kier molecular flexibility index (Phi) is 5.33. The van der Waals surface area contributed by atoms with E-state index in [2.05, 4.69) is 21.0 Å². The third-order valence-corrected chi connectivity index (χ3v) is 7.07. The van der Waals surface area contributed by atoms with Crippen LogP contribution in [0.2, 0.25) is 0 Å². The number of methoxy groups -OCH3 is 1. The number of halogens is 2. The van der Waals surface area contributed by atoms with Crippen molar-refractivity contribution in [2.45, 2.75) is 13.0 Å². The van der Waals surface area contributed by atoms with Crippen LogP contribution in [0.3, 0.4) is 0 Å². The third-order valence-electron chi connectivity index (χ3n) is 6.38. The number of hydrazone groups is 1. The summed E-state index contributed by atoms with van der Waals surface area (Å²) in [5.41, 5.74) is 1.04. The topological polar surface area (TPSA) is 68.2 Å². The molecule has 0 aromatic heterocycles. The van der Waals surface area contributed by atoms with E-state index in [1.807, 2.05) is 12.2 Å². The van der Waals surface area contributed by atoms with E-state index < -0.39 is 0 Å². The van der Waals surface area contributed by atoms with Gasteiger partial charge in [0.2, 0.25) is 0 Å². The lowest BCUT2D eigenvalue weighted by molar-refractivity contribution is -0.140. The number of nitrogens with zero attached hydrogens (tertiary/aromatic N) is 2. The molecule has 1 saturated heterocycles. The van der Waals surface area contributed by atoms with Crippen molar-refractivity contribution in [3.05, 3.63) is 70.0 Å². The quantitative estimate of drug-likeness (QED) is 0.338. The van der Waals surface area contributed by atoms with Crippen LogP contribution in [0.15, 0.2) is 58.1 Å². The number of allylic oxidation sites excluding steroid dienone is 2. The highest BCUT2D eigenvalue weighted by atomic mass is 79.9. The zero-order valence-corrected chi connectivity index (χ0v) is 18.8. The highest BCUT2D eigenvalue weighted by Gasteiger charge is 2.59. The average molecular weight is 499 g/mol. The van der Waals surface area contributed by atoms with Gasteiger partial charge in [-0.3, -0.25) is 9.59 Å². The fourth-order valence-corrected chi connectivity index (χ4v) is 5.24. The molecule has 2 amide bonds. The summed E-state index contributed by atoms with van der Waals surface area (Å²) in [6.07, 6.45) is 6.43. The molecule has 164 valence electrons. The summed E-state index contributed by atoms with van der Waals surface area (Å²) in [6.45, 7) is 0.0405. The molecule has 0 radical (unpaired) electrons. The molecule has 0 spiro atoms. The van der Waals surface area contributed by atoms with Crippen LogP contribution >= 0.6 is 15.9 Å². The van der Waals surface area contributed by atoms with Gasteiger partial charge in [-0.25, -0.2) is 4.39 Å². The number of imide groups is 1. The van der Waals surface area contributed by atoms with Crippen LogP contribution in [0.5, 0.6) is 11.5 Å². The summed E-state index contributed by atoms with van der Waals surface area (Å²) in [5.74, 6) is -0.276. The molecule has 2 aromatic rings. The van der Waals surface area contributed by atoms with E-state index in [4.69, 9.17) is 9.47 Å². The molecule has 2 aliphatic carbocycles. The van der Waals surface area contributed by atoms with Crippen molar-refractivity contribution in [3.63, 3.8) is 0 Å². The van der Waals surface area contributed by atoms with Crippen LogP contribution in [0.25, 0.3) is 0 Å².